The van der Waals surface area contributed by atoms with Gasteiger partial charge >= 0.3 is 0 Å². The number of aliphatic imine (C=N–C) groups is 1. The third-order valence-electron chi connectivity index (χ3n) is 4.03. The maximum absolute atomic E-state index is 5.58. The van der Waals surface area contributed by atoms with Crippen molar-refractivity contribution in [3.8, 4) is 11.5 Å². The third kappa shape index (κ3) is 2.72. The number of hydrogen-bond acceptors (Lipinski definition) is 3. The van der Waals surface area contributed by atoms with Crippen LogP contribution in [0.5, 0.6) is 11.5 Å². The molecule has 106 valence electrons. The highest BCUT2D eigenvalue weighted by Gasteiger charge is 2.19. The molecule has 3 heteroatoms. The SMILES string of the molecule is C=CCc1c(C=NC2CCCCC2)ccc2c1OCO2. The predicted octanol–water partition coefficient (Wildman–Crippen LogP) is 3.90. The summed E-state index contributed by atoms with van der Waals surface area (Å²) in [5, 5.41) is 0. The van der Waals surface area contributed by atoms with Crippen LogP contribution in [0.4, 0.5) is 0 Å². The Morgan fingerprint density at radius 3 is 2.85 bits per heavy atom. The molecule has 0 aromatic heterocycles. The lowest BCUT2D eigenvalue weighted by Crippen LogP contribution is -2.10. The van der Waals surface area contributed by atoms with E-state index in [9.17, 15) is 0 Å². The van der Waals surface area contributed by atoms with Crippen molar-refractivity contribution in [2.75, 3.05) is 6.79 Å². The molecule has 0 bridgehead atoms. The molecule has 0 unspecified atom stereocenters. The van der Waals surface area contributed by atoms with E-state index in [0.717, 1.165) is 29.0 Å². The van der Waals surface area contributed by atoms with Gasteiger partial charge in [-0.05, 0) is 37.0 Å². The fourth-order valence-corrected chi connectivity index (χ4v) is 2.94. The first-order valence-electron chi connectivity index (χ1n) is 7.44. The first-order valence-corrected chi connectivity index (χ1v) is 7.44. The van der Waals surface area contributed by atoms with E-state index in [1.165, 1.54) is 32.1 Å². The van der Waals surface area contributed by atoms with Crippen molar-refractivity contribution in [3.05, 3.63) is 35.9 Å². The molecule has 1 heterocycles. The summed E-state index contributed by atoms with van der Waals surface area (Å²) in [5.41, 5.74) is 2.26. The summed E-state index contributed by atoms with van der Waals surface area (Å²) < 4.78 is 11.0. The van der Waals surface area contributed by atoms with Crippen LogP contribution in [0.1, 0.15) is 43.2 Å². The van der Waals surface area contributed by atoms with Crippen molar-refractivity contribution in [2.45, 2.75) is 44.6 Å². The number of ether oxygens (including phenoxy) is 2. The molecule has 0 atom stereocenters. The molecule has 1 aliphatic carbocycles. The minimum absolute atomic E-state index is 0.308. The number of nitrogens with zero attached hydrogens (tertiary/aromatic N) is 1. The molecule has 3 nitrogen and oxygen atoms in total. The summed E-state index contributed by atoms with van der Waals surface area (Å²) in [6, 6.07) is 4.53. The lowest BCUT2D eigenvalue weighted by molar-refractivity contribution is 0.173. The van der Waals surface area contributed by atoms with E-state index < -0.39 is 0 Å². The van der Waals surface area contributed by atoms with Gasteiger partial charge < -0.3 is 9.47 Å². The van der Waals surface area contributed by atoms with Gasteiger partial charge in [0, 0.05) is 17.8 Å². The Morgan fingerprint density at radius 1 is 1.20 bits per heavy atom. The van der Waals surface area contributed by atoms with Gasteiger partial charge in [-0.15, -0.1) is 6.58 Å². The van der Waals surface area contributed by atoms with Crippen molar-refractivity contribution < 1.29 is 9.47 Å². The Bertz CT molecular complexity index is 516. The molecule has 3 rings (SSSR count). The fraction of sp³-hybridized carbons (Fsp3) is 0.471. The fourth-order valence-electron chi connectivity index (χ4n) is 2.94. The van der Waals surface area contributed by atoms with E-state index in [4.69, 9.17) is 14.5 Å². The highest BCUT2D eigenvalue weighted by atomic mass is 16.7. The lowest BCUT2D eigenvalue weighted by atomic mass is 9.96. The molecule has 1 aromatic carbocycles. The van der Waals surface area contributed by atoms with E-state index >= 15 is 0 Å². The zero-order valence-corrected chi connectivity index (χ0v) is 11.8. The van der Waals surface area contributed by atoms with Gasteiger partial charge in [-0.25, -0.2) is 0 Å². The van der Waals surface area contributed by atoms with Gasteiger partial charge in [0.05, 0.1) is 0 Å². The lowest BCUT2D eigenvalue weighted by Gasteiger charge is -2.17. The largest absolute Gasteiger partial charge is 0.454 e. The molecule has 0 N–H and O–H groups in total. The zero-order valence-electron chi connectivity index (χ0n) is 11.8. The van der Waals surface area contributed by atoms with Gasteiger partial charge in [0.25, 0.3) is 0 Å². The van der Waals surface area contributed by atoms with Crippen LogP contribution in [0.3, 0.4) is 0 Å². The Balaban J connectivity index is 1.84. The van der Waals surface area contributed by atoms with Crippen LogP contribution in [0.2, 0.25) is 0 Å². The predicted molar refractivity (Wildman–Crippen MR) is 80.9 cm³/mol. The third-order valence-corrected chi connectivity index (χ3v) is 4.03. The van der Waals surface area contributed by atoms with Gasteiger partial charge in [-0.1, -0.05) is 25.3 Å². The molecule has 1 saturated carbocycles. The molecule has 0 radical (unpaired) electrons. The first kappa shape index (κ1) is 13.2. The molecular formula is C17H21NO2. The van der Waals surface area contributed by atoms with E-state index in [0.29, 0.717) is 12.8 Å². The van der Waals surface area contributed by atoms with Crippen LogP contribution in [0, 0.1) is 0 Å². The number of rotatable bonds is 4. The van der Waals surface area contributed by atoms with Crippen molar-refractivity contribution in [1.29, 1.82) is 0 Å². The summed E-state index contributed by atoms with van der Waals surface area (Å²) in [5.74, 6) is 1.69. The standard InChI is InChI=1S/C17H21NO2/c1-2-6-15-13(9-10-16-17(15)20-12-19-16)11-18-14-7-4-3-5-8-14/h2,9-11,14H,1,3-8,12H2. The Morgan fingerprint density at radius 2 is 2.05 bits per heavy atom. The molecule has 20 heavy (non-hydrogen) atoms. The van der Waals surface area contributed by atoms with Crippen molar-refractivity contribution in [3.63, 3.8) is 0 Å². The molecule has 0 spiro atoms. The van der Waals surface area contributed by atoms with Crippen molar-refractivity contribution in [1.82, 2.24) is 0 Å². The van der Waals surface area contributed by atoms with E-state index in [1.54, 1.807) is 0 Å². The Hall–Kier alpha value is -1.77. The van der Waals surface area contributed by atoms with E-state index in [-0.39, 0.29) is 0 Å². The number of allylic oxidation sites excluding steroid dienone is 1. The van der Waals surface area contributed by atoms with Crippen LogP contribution < -0.4 is 9.47 Å². The molecule has 0 saturated heterocycles. The first-order chi connectivity index (χ1) is 9.88. The molecule has 1 fully saturated rings. The summed E-state index contributed by atoms with van der Waals surface area (Å²) >= 11 is 0. The highest BCUT2D eigenvalue weighted by Crippen LogP contribution is 2.37. The zero-order chi connectivity index (χ0) is 13.8. The van der Waals surface area contributed by atoms with Crippen LogP contribution in [0.25, 0.3) is 0 Å². The topological polar surface area (TPSA) is 30.8 Å². The number of fused-ring (bicyclic) bond motifs is 1. The molecule has 2 aliphatic rings. The quantitative estimate of drug-likeness (QED) is 0.614. The van der Waals surface area contributed by atoms with Gasteiger partial charge in [0.1, 0.15) is 0 Å². The van der Waals surface area contributed by atoms with Crippen LogP contribution in [-0.2, 0) is 6.42 Å². The minimum atomic E-state index is 0.308. The van der Waals surface area contributed by atoms with Crippen LogP contribution in [0.15, 0.2) is 29.8 Å². The normalized spacial score (nSPS) is 18.6. The molecule has 0 amide bonds. The van der Waals surface area contributed by atoms with Gasteiger partial charge in [0.2, 0.25) is 6.79 Å². The summed E-state index contributed by atoms with van der Waals surface area (Å²) in [7, 11) is 0. The Labute approximate surface area is 120 Å². The average Bonchev–Trinajstić information content (AvgIpc) is 2.96. The monoisotopic (exact) mass is 271 g/mol. The van der Waals surface area contributed by atoms with E-state index in [1.807, 2.05) is 18.4 Å². The van der Waals surface area contributed by atoms with Crippen molar-refractivity contribution in [2.24, 2.45) is 4.99 Å². The van der Waals surface area contributed by atoms with Gasteiger partial charge in [-0.2, -0.15) is 0 Å². The second kappa shape index (κ2) is 6.12. The van der Waals surface area contributed by atoms with Crippen molar-refractivity contribution >= 4 is 6.21 Å². The van der Waals surface area contributed by atoms with Crippen LogP contribution >= 0.6 is 0 Å². The summed E-state index contributed by atoms with van der Waals surface area (Å²) in [6.45, 7) is 4.14. The maximum atomic E-state index is 5.58. The average molecular weight is 271 g/mol. The maximum Gasteiger partial charge on any atom is 0.231 e. The second-order valence-electron chi connectivity index (χ2n) is 5.43. The summed E-state index contributed by atoms with van der Waals surface area (Å²) in [6.07, 6.45) is 11.1. The highest BCUT2D eigenvalue weighted by molar-refractivity contribution is 5.84. The minimum Gasteiger partial charge on any atom is -0.454 e. The van der Waals surface area contributed by atoms with Gasteiger partial charge in [0.15, 0.2) is 11.5 Å². The molecular weight excluding hydrogens is 250 g/mol. The summed E-state index contributed by atoms with van der Waals surface area (Å²) in [4.78, 5) is 4.77. The molecule has 1 aliphatic heterocycles. The molecule has 1 aromatic rings. The number of benzene rings is 1. The smallest absolute Gasteiger partial charge is 0.231 e. The second-order valence-corrected chi connectivity index (χ2v) is 5.43. The number of hydrogen-bond donors (Lipinski definition) is 0. The van der Waals surface area contributed by atoms with Gasteiger partial charge in [-0.3, -0.25) is 4.99 Å². The van der Waals surface area contributed by atoms with E-state index in [2.05, 4.69) is 12.6 Å². The van der Waals surface area contributed by atoms with Crippen LogP contribution in [-0.4, -0.2) is 19.0 Å². The Kier molecular flexibility index (Phi) is 4.05.